The SMILES string of the molecule is Cc1ccc2c(C[NH+]3C[C@@H](C)C[C@H](C)C3)cc(=O)oc2c1C. The van der Waals surface area contributed by atoms with E-state index in [9.17, 15) is 4.79 Å². The Kier molecular flexibility index (Phi) is 4.09. The third-order valence-electron chi connectivity index (χ3n) is 5.04. The van der Waals surface area contributed by atoms with Gasteiger partial charge >= 0.3 is 5.63 Å². The van der Waals surface area contributed by atoms with Gasteiger partial charge in [-0.3, -0.25) is 0 Å². The van der Waals surface area contributed by atoms with E-state index in [1.807, 2.05) is 6.92 Å². The van der Waals surface area contributed by atoms with Gasteiger partial charge in [0.25, 0.3) is 0 Å². The van der Waals surface area contributed by atoms with E-state index in [1.165, 1.54) is 25.1 Å². The first-order chi connectivity index (χ1) is 10.4. The minimum Gasteiger partial charge on any atom is -0.422 e. The van der Waals surface area contributed by atoms with Crippen LogP contribution in [0.1, 0.15) is 37.0 Å². The van der Waals surface area contributed by atoms with E-state index in [0.717, 1.165) is 40.5 Å². The lowest BCUT2D eigenvalue weighted by Gasteiger charge is -2.32. The van der Waals surface area contributed by atoms with Crippen LogP contribution >= 0.6 is 0 Å². The summed E-state index contributed by atoms with van der Waals surface area (Å²) in [6.45, 7) is 12.1. The summed E-state index contributed by atoms with van der Waals surface area (Å²) in [6, 6.07) is 5.91. The molecule has 22 heavy (non-hydrogen) atoms. The van der Waals surface area contributed by atoms with Gasteiger partial charge in [-0.05, 0) is 31.4 Å². The van der Waals surface area contributed by atoms with Gasteiger partial charge in [0.1, 0.15) is 12.1 Å². The number of benzene rings is 1. The number of aryl methyl sites for hydroxylation is 2. The number of quaternary nitrogens is 1. The molecule has 0 bridgehead atoms. The lowest BCUT2D eigenvalue weighted by molar-refractivity contribution is -0.925. The molecule has 2 atom stereocenters. The molecule has 1 aromatic carbocycles. The van der Waals surface area contributed by atoms with Gasteiger partial charge in [-0.25, -0.2) is 4.79 Å². The van der Waals surface area contributed by atoms with E-state index in [2.05, 4.69) is 32.9 Å². The maximum atomic E-state index is 12.0. The van der Waals surface area contributed by atoms with Gasteiger partial charge in [0, 0.05) is 28.9 Å². The molecule has 0 spiro atoms. The average molecular weight is 300 g/mol. The molecule has 3 heteroatoms. The van der Waals surface area contributed by atoms with Crippen molar-refractivity contribution >= 4 is 11.0 Å². The Balaban J connectivity index is 2.00. The van der Waals surface area contributed by atoms with Crippen molar-refractivity contribution in [3.8, 4) is 0 Å². The summed E-state index contributed by atoms with van der Waals surface area (Å²) in [5.41, 5.74) is 3.91. The fourth-order valence-corrected chi connectivity index (χ4v) is 4.01. The van der Waals surface area contributed by atoms with Crippen molar-refractivity contribution in [3.63, 3.8) is 0 Å². The third kappa shape index (κ3) is 2.95. The summed E-state index contributed by atoms with van der Waals surface area (Å²) in [7, 11) is 0. The molecule has 0 radical (unpaired) electrons. The first-order valence-electron chi connectivity index (χ1n) is 8.30. The van der Waals surface area contributed by atoms with Crippen LogP contribution in [-0.2, 0) is 6.54 Å². The molecule has 1 fully saturated rings. The molecule has 0 amide bonds. The van der Waals surface area contributed by atoms with Crippen molar-refractivity contribution in [2.45, 2.75) is 40.7 Å². The fraction of sp³-hybridized carbons (Fsp3) is 0.526. The number of fused-ring (bicyclic) bond motifs is 1. The van der Waals surface area contributed by atoms with Crippen LogP contribution in [0.4, 0.5) is 0 Å². The molecule has 0 unspecified atom stereocenters. The summed E-state index contributed by atoms with van der Waals surface area (Å²) in [5, 5.41) is 1.10. The second-order valence-electron chi connectivity index (χ2n) is 7.26. The van der Waals surface area contributed by atoms with Crippen LogP contribution in [0.25, 0.3) is 11.0 Å². The van der Waals surface area contributed by atoms with Crippen molar-refractivity contribution in [2.24, 2.45) is 11.8 Å². The van der Waals surface area contributed by atoms with Crippen LogP contribution < -0.4 is 10.5 Å². The molecule has 1 aliphatic heterocycles. The standard InChI is InChI=1S/C19H25NO2/c1-12-7-13(2)10-20(9-12)11-16-8-18(21)22-19-15(4)14(3)5-6-17(16)19/h5-6,8,12-13H,7,9-11H2,1-4H3/p+1/t12-,13-/m0/s1. The highest BCUT2D eigenvalue weighted by Gasteiger charge is 2.26. The Labute approximate surface area is 131 Å². The van der Waals surface area contributed by atoms with Crippen molar-refractivity contribution in [2.75, 3.05) is 13.1 Å². The Hall–Kier alpha value is -1.61. The van der Waals surface area contributed by atoms with Gasteiger partial charge in [0.2, 0.25) is 0 Å². The normalized spacial score (nSPS) is 25.5. The van der Waals surface area contributed by atoms with Crippen molar-refractivity contribution in [3.05, 3.63) is 45.3 Å². The highest BCUT2D eigenvalue weighted by atomic mass is 16.4. The smallest absolute Gasteiger partial charge is 0.336 e. The number of rotatable bonds is 2. The number of nitrogens with one attached hydrogen (secondary N) is 1. The van der Waals surface area contributed by atoms with Crippen molar-refractivity contribution in [1.82, 2.24) is 0 Å². The van der Waals surface area contributed by atoms with Gasteiger partial charge in [-0.15, -0.1) is 0 Å². The van der Waals surface area contributed by atoms with Crippen LogP contribution in [0.15, 0.2) is 27.4 Å². The average Bonchev–Trinajstić information content (AvgIpc) is 2.42. The van der Waals surface area contributed by atoms with E-state index in [4.69, 9.17) is 4.42 Å². The van der Waals surface area contributed by atoms with Crippen LogP contribution in [0.5, 0.6) is 0 Å². The van der Waals surface area contributed by atoms with E-state index in [-0.39, 0.29) is 5.63 Å². The predicted molar refractivity (Wildman–Crippen MR) is 89.3 cm³/mol. The summed E-state index contributed by atoms with van der Waals surface area (Å²) >= 11 is 0. The lowest BCUT2D eigenvalue weighted by Crippen LogP contribution is -3.13. The highest BCUT2D eigenvalue weighted by molar-refractivity contribution is 5.83. The molecule has 118 valence electrons. The van der Waals surface area contributed by atoms with E-state index in [1.54, 1.807) is 11.0 Å². The third-order valence-corrected chi connectivity index (χ3v) is 5.04. The van der Waals surface area contributed by atoms with E-state index < -0.39 is 0 Å². The van der Waals surface area contributed by atoms with E-state index >= 15 is 0 Å². The van der Waals surface area contributed by atoms with E-state index in [0.29, 0.717) is 0 Å². The molecule has 3 rings (SSSR count). The molecule has 2 heterocycles. The van der Waals surface area contributed by atoms with Crippen LogP contribution in [0.3, 0.4) is 0 Å². The van der Waals surface area contributed by atoms with Gasteiger partial charge in [0.05, 0.1) is 13.1 Å². The zero-order valence-corrected chi connectivity index (χ0v) is 14.0. The zero-order valence-electron chi connectivity index (χ0n) is 14.0. The van der Waals surface area contributed by atoms with Gasteiger partial charge in [-0.2, -0.15) is 0 Å². The summed E-state index contributed by atoms with van der Waals surface area (Å²) in [6.07, 6.45) is 1.32. The Morgan fingerprint density at radius 2 is 1.86 bits per heavy atom. The summed E-state index contributed by atoms with van der Waals surface area (Å²) in [5.74, 6) is 1.52. The Morgan fingerprint density at radius 1 is 1.18 bits per heavy atom. The molecule has 0 aliphatic carbocycles. The summed E-state index contributed by atoms with van der Waals surface area (Å²) < 4.78 is 5.48. The minimum absolute atomic E-state index is 0.228. The minimum atomic E-state index is -0.228. The lowest BCUT2D eigenvalue weighted by atomic mass is 9.91. The van der Waals surface area contributed by atoms with Crippen molar-refractivity contribution < 1.29 is 9.32 Å². The topological polar surface area (TPSA) is 34.7 Å². The molecule has 1 N–H and O–H groups in total. The second kappa shape index (κ2) is 5.88. The number of likely N-dealkylation sites (tertiary alicyclic amines) is 1. The van der Waals surface area contributed by atoms with Crippen LogP contribution in [0.2, 0.25) is 0 Å². The summed E-state index contributed by atoms with van der Waals surface area (Å²) in [4.78, 5) is 13.5. The molecule has 3 nitrogen and oxygen atoms in total. The maximum Gasteiger partial charge on any atom is 0.336 e. The second-order valence-corrected chi connectivity index (χ2v) is 7.26. The molecular formula is C19H26NO2+. The number of hydrogen-bond donors (Lipinski definition) is 1. The molecule has 1 saturated heterocycles. The predicted octanol–water partition coefficient (Wildman–Crippen LogP) is 2.47. The molecule has 1 aliphatic rings. The fourth-order valence-electron chi connectivity index (χ4n) is 4.01. The largest absolute Gasteiger partial charge is 0.422 e. The maximum absolute atomic E-state index is 12.0. The van der Waals surface area contributed by atoms with Crippen LogP contribution in [0, 0.1) is 25.7 Å². The monoisotopic (exact) mass is 300 g/mol. The highest BCUT2D eigenvalue weighted by Crippen LogP contribution is 2.23. The Bertz CT molecular complexity index is 737. The quantitative estimate of drug-likeness (QED) is 0.865. The van der Waals surface area contributed by atoms with Gasteiger partial charge in [-0.1, -0.05) is 26.0 Å². The van der Waals surface area contributed by atoms with Gasteiger partial charge in [0.15, 0.2) is 0 Å². The number of hydrogen-bond acceptors (Lipinski definition) is 2. The van der Waals surface area contributed by atoms with Crippen molar-refractivity contribution in [1.29, 1.82) is 0 Å². The first-order valence-corrected chi connectivity index (χ1v) is 8.30. The zero-order chi connectivity index (χ0) is 15.9. The molecule has 1 aromatic heterocycles. The molecular weight excluding hydrogens is 274 g/mol. The van der Waals surface area contributed by atoms with Gasteiger partial charge < -0.3 is 9.32 Å². The molecule has 0 saturated carbocycles. The number of piperidine rings is 1. The first kappa shape index (κ1) is 15.3. The molecule has 2 aromatic rings. The van der Waals surface area contributed by atoms with Crippen LogP contribution in [-0.4, -0.2) is 13.1 Å². The Morgan fingerprint density at radius 3 is 2.55 bits per heavy atom.